The molecule has 0 spiro atoms. The van der Waals surface area contributed by atoms with Gasteiger partial charge in [-0.1, -0.05) is 13.3 Å². The molecule has 2 N–H and O–H groups in total. The number of anilines is 1. The van der Waals surface area contributed by atoms with E-state index in [0.717, 1.165) is 12.8 Å². The molecule has 0 aliphatic heterocycles. The molecule has 0 heterocycles. The van der Waals surface area contributed by atoms with E-state index in [9.17, 15) is 10.1 Å². The van der Waals surface area contributed by atoms with E-state index < -0.39 is 4.92 Å². The summed E-state index contributed by atoms with van der Waals surface area (Å²) < 4.78 is 5.36. The number of nitrogens with two attached hydrogens (primary N) is 1. The van der Waals surface area contributed by atoms with Crippen LogP contribution in [0.5, 0.6) is 5.75 Å². The Hall–Kier alpha value is -1.49. The van der Waals surface area contributed by atoms with Gasteiger partial charge in [-0.05, 0) is 12.5 Å². The third kappa shape index (κ3) is 3.94. The maximum atomic E-state index is 10.4. The Balaban J connectivity index is 0.00000225. The molecule has 0 saturated carbocycles. The molecule has 5 nitrogen and oxygen atoms in total. The van der Waals surface area contributed by atoms with Crippen LogP contribution in [0.3, 0.4) is 0 Å². The van der Waals surface area contributed by atoms with Gasteiger partial charge in [-0.15, -0.1) is 12.4 Å². The Morgan fingerprint density at radius 2 is 2.19 bits per heavy atom. The number of hydrogen-bond donors (Lipinski definition) is 1. The molecular formula is C10H15ClN2O3. The van der Waals surface area contributed by atoms with E-state index in [1.807, 2.05) is 0 Å². The van der Waals surface area contributed by atoms with Crippen LogP contribution in [0.4, 0.5) is 11.4 Å². The molecule has 0 amide bonds. The van der Waals surface area contributed by atoms with Gasteiger partial charge in [0.05, 0.1) is 17.2 Å². The molecule has 0 fully saturated rings. The van der Waals surface area contributed by atoms with Crippen LogP contribution in [-0.2, 0) is 0 Å². The quantitative estimate of drug-likeness (QED) is 0.375. The van der Waals surface area contributed by atoms with Gasteiger partial charge in [0.15, 0.2) is 0 Å². The third-order valence-corrected chi connectivity index (χ3v) is 1.96. The number of nitro benzene ring substituents is 1. The summed E-state index contributed by atoms with van der Waals surface area (Å²) in [6.07, 6.45) is 1.98. The predicted octanol–water partition coefficient (Wildman–Crippen LogP) is 2.78. The molecule has 0 saturated heterocycles. The number of nitrogens with zero attached hydrogens (tertiary/aromatic N) is 1. The number of halogens is 1. The molecule has 0 aromatic heterocycles. The minimum absolute atomic E-state index is 0. The molecule has 1 aromatic carbocycles. The van der Waals surface area contributed by atoms with Crippen molar-refractivity contribution in [3.63, 3.8) is 0 Å². The average molecular weight is 247 g/mol. The van der Waals surface area contributed by atoms with Gasteiger partial charge in [-0.3, -0.25) is 10.1 Å². The van der Waals surface area contributed by atoms with Crippen LogP contribution in [0.1, 0.15) is 19.8 Å². The van der Waals surface area contributed by atoms with Gasteiger partial charge in [-0.2, -0.15) is 0 Å². The predicted molar refractivity (Wildman–Crippen MR) is 65.2 cm³/mol. The lowest BCUT2D eigenvalue weighted by Gasteiger charge is -2.07. The van der Waals surface area contributed by atoms with Crippen LogP contribution < -0.4 is 10.5 Å². The minimum atomic E-state index is -0.480. The summed E-state index contributed by atoms with van der Waals surface area (Å²) in [5.74, 6) is 0.508. The lowest BCUT2D eigenvalue weighted by atomic mass is 10.2. The molecule has 6 heteroatoms. The van der Waals surface area contributed by atoms with Crippen molar-refractivity contribution in [2.45, 2.75) is 19.8 Å². The van der Waals surface area contributed by atoms with E-state index in [0.29, 0.717) is 18.0 Å². The second kappa shape index (κ2) is 6.90. The van der Waals surface area contributed by atoms with Crippen molar-refractivity contribution < 1.29 is 9.66 Å². The highest BCUT2D eigenvalue weighted by Crippen LogP contribution is 2.26. The highest BCUT2D eigenvalue weighted by atomic mass is 35.5. The molecule has 1 rings (SSSR count). The zero-order valence-corrected chi connectivity index (χ0v) is 9.83. The Morgan fingerprint density at radius 3 is 2.69 bits per heavy atom. The van der Waals surface area contributed by atoms with E-state index >= 15 is 0 Å². The zero-order chi connectivity index (χ0) is 11.3. The monoisotopic (exact) mass is 246 g/mol. The Kier molecular flexibility index (Phi) is 6.25. The molecule has 0 aliphatic carbocycles. The minimum Gasteiger partial charge on any atom is -0.491 e. The standard InChI is InChI=1S/C10H14N2O3.ClH/c1-2-3-6-15-10-5-4-8(12(13)14)7-9(10)11;/h4-5,7H,2-3,6,11H2,1H3;1H. The van der Waals surface area contributed by atoms with Gasteiger partial charge in [-0.25, -0.2) is 0 Å². The van der Waals surface area contributed by atoms with Crippen LogP contribution in [0.15, 0.2) is 18.2 Å². The zero-order valence-electron chi connectivity index (χ0n) is 9.01. The first kappa shape index (κ1) is 14.5. The average Bonchev–Trinajstić information content (AvgIpc) is 2.20. The van der Waals surface area contributed by atoms with Gasteiger partial charge in [0.2, 0.25) is 0 Å². The number of non-ortho nitro benzene ring substituents is 1. The largest absolute Gasteiger partial charge is 0.491 e. The fourth-order valence-corrected chi connectivity index (χ4v) is 1.11. The van der Waals surface area contributed by atoms with Crippen molar-refractivity contribution in [1.29, 1.82) is 0 Å². The van der Waals surface area contributed by atoms with Crippen LogP contribution >= 0.6 is 12.4 Å². The first-order chi connectivity index (χ1) is 7.15. The van der Waals surface area contributed by atoms with Crippen molar-refractivity contribution in [3.8, 4) is 5.75 Å². The summed E-state index contributed by atoms with van der Waals surface area (Å²) in [4.78, 5) is 9.95. The second-order valence-corrected chi connectivity index (χ2v) is 3.18. The van der Waals surface area contributed by atoms with E-state index in [1.54, 1.807) is 0 Å². The van der Waals surface area contributed by atoms with Gasteiger partial charge in [0, 0.05) is 12.1 Å². The lowest BCUT2D eigenvalue weighted by molar-refractivity contribution is -0.384. The maximum absolute atomic E-state index is 10.4. The van der Waals surface area contributed by atoms with Crippen LogP contribution in [0.2, 0.25) is 0 Å². The molecule has 1 aromatic rings. The summed E-state index contributed by atoms with van der Waals surface area (Å²) in [6, 6.07) is 4.22. The number of unbranched alkanes of at least 4 members (excludes halogenated alkanes) is 1. The van der Waals surface area contributed by atoms with Crippen molar-refractivity contribution in [1.82, 2.24) is 0 Å². The van der Waals surface area contributed by atoms with Gasteiger partial charge >= 0.3 is 0 Å². The summed E-state index contributed by atoms with van der Waals surface area (Å²) in [5.41, 5.74) is 5.90. The first-order valence-electron chi connectivity index (χ1n) is 4.82. The summed E-state index contributed by atoms with van der Waals surface area (Å²) in [7, 11) is 0. The van der Waals surface area contributed by atoms with E-state index in [-0.39, 0.29) is 18.1 Å². The molecular weight excluding hydrogens is 232 g/mol. The molecule has 0 aliphatic rings. The highest BCUT2D eigenvalue weighted by molar-refractivity contribution is 5.85. The Morgan fingerprint density at radius 1 is 1.50 bits per heavy atom. The number of rotatable bonds is 5. The van der Waals surface area contributed by atoms with Gasteiger partial charge < -0.3 is 10.5 Å². The summed E-state index contributed by atoms with van der Waals surface area (Å²) in [6.45, 7) is 2.64. The van der Waals surface area contributed by atoms with Crippen molar-refractivity contribution in [3.05, 3.63) is 28.3 Å². The molecule has 90 valence electrons. The van der Waals surface area contributed by atoms with Crippen molar-refractivity contribution in [2.75, 3.05) is 12.3 Å². The maximum Gasteiger partial charge on any atom is 0.271 e. The van der Waals surface area contributed by atoms with Crippen LogP contribution in [0.25, 0.3) is 0 Å². The van der Waals surface area contributed by atoms with E-state index in [4.69, 9.17) is 10.5 Å². The van der Waals surface area contributed by atoms with E-state index in [1.165, 1.54) is 18.2 Å². The Bertz CT molecular complexity index is 358. The van der Waals surface area contributed by atoms with Crippen LogP contribution in [-0.4, -0.2) is 11.5 Å². The topological polar surface area (TPSA) is 78.4 Å². The molecule has 0 radical (unpaired) electrons. The Labute approximate surface area is 100 Å². The third-order valence-electron chi connectivity index (χ3n) is 1.96. The summed E-state index contributed by atoms with van der Waals surface area (Å²) >= 11 is 0. The number of hydrogen-bond acceptors (Lipinski definition) is 4. The van der Waals surface area contributed by atoms with E-state index in [2.05, 4.69) is 6.92 Å². The number of ether oxygens (including phenoxy) is 1. The number of nitro groups is 1. The molecule has 0 atom stereocenters. The highest BCUT2D eigenvalue weighted by Gasteiger charge is 2.08. The lowest BCUT2D eigenvalue weighted by Crippen LogP contribution is -2.00. The molecule has 0 unspecified atom stereocenters. The van der Waals surface area contributed by atoms with Crippen LogP contribution in [0, 0.1) is 10.1 Å². The first-order valence-corrected chi connectivity index (χ1v) is 4.82. The fraction of sp³-hybridized carbons (Fsp3) is 0.400. The summed E-state index contributed by atoms with van der Waals surface area (Å²) in [5, 5.41) is 10.4. The second-order valence-electron chi connectivity index (χ2n) is 3.18. The normalized spacial score (nSPS) is 9.31. The number of nitrogen functional groups attached to an aromatic ring is 1. The fourth-order valence-electron chi connectivity index (χ4n) is 1.11. The smallest absolute Gasteiger partial charge is 0.271 e. The van der Waals surface area contributed by atoms with Crippen molar-refractivity contribution >= 4 is 23.8 Å². The van der Waals surface area contributed by atoms with Gasteiger partial charge in [0.1, 0.15) is 5.75 Å². The molecule has 16 heavy (non-hydrogen) atoms. The number of benzene rings is 1. The SMILES string of the molecule is CCCCOc1ccc([N+](=O)[O-])cc1N.Cl. The van der Waals surface area contributed by atoms with Crippen molar-refractivity contribution in [2.24, 2.45) is 0 Å². The van der Waals surface area contributed by atoms with Gasteiger partial charge in [0.25, 0.3) is 5.69 Å². The molecule has 0 bridgehead atoms.